The van der Waals surface area contributed by atoms with Gasteiger partial charge in [-0.1, -0.05) is 30.3 Å². The standard InChI is InChI=1S/C12H10N2O3/c1-14-9(12(16)17)7-13-11(14)10(15)8-5-3-2-4-6-8/h2-7H,1H3,(H,16,17). The van der Waals surface area contributed by atoms with Gasteiger partial charge in [0.1, 0.15) is 5.69 Å². The summed E-state index contributed by atoms with van der Waals surface area (Å²) in [5.74, 6) is -1.28. The van der Waals surface area contributed by atoms with Gasteiger partial charge < -0.3 is 9.67 Å². The van der Waals surface area contributed by atoms with Gasteiger partial charge in [-0.05, 0) is 0 Å². The van der Waals surface area contributed by atoms with Gasteiger partial charge in [0.05, 0.1) is 6.20 Å². The van der Waals surface area contributed by atoms with E-state index in [0.717, 1.165) is 0 Å². The number of carbonyl (C=O) groups excluding carboxylic acids is 1. The van der Waals surface area contributed by atoms with Crippen molar-refractivity contribution in [3.05, 3.63) is 53.6 Å². The van der Waals surface area contributed by atoms with Crippen molar-refractivity contribution in [3.8, 4) is 0 Å². The third-order valence-corrected chi connectivity index (χ3v) is 2.45. The molecule has 0 unspecified atom stereocenters. The van der Waals surface area contributed by atoms with E-state index >= 15 is 0 Å². The van der Waals surface area contributed by atoms with Crippen LogP contribution in [0.4, 0.5) is 0 Å². The summed E-state index contributed by atoms with van der Waals surface area (Å²) in [7, 11) is 1.51. The molecule has 0 aliphatic carbocycles. The zero-order valence-electron chi connectivity index (χ0n) is 9.12. The monoisotopic (exact) mass is 230 g/mol. The number of aromatic nitrogens is 2. The number of carboxylic acid groups (broad SMARTS) is 1. The molecule has 2 rings (SSSR count). The Hall–Kier alpha value is -2.43. The van der Waals surface area contributed by atoms with Crippen LogP contribution in [-0.4, -0.2) is 26.4 Å². The van der Waals surface area contributed by atoms with Crippen molar-refractivity contribution < 1.29 is 14.7 Å². The molecule has 2 aromatic rings. The maximum absolute atomic E-state index is 12.0. The number of ketones is 1. The lowest BCUT2D eigenvalue weighted by molar-refractivity contribution is 0.0686. The van der Waals surface area contributed by atoms with Crippen molar-refractivity contribution in [1.82, 2.24) is 9.55 Å². The van der Waals surface area contributed by atoms with Crippen LogP contribution in [-0.2, 0) is 7.05 Å². The summed E-state index contributed by atoms with van der Waals surface area (Å²) in [6, 6.07) is 8.62. The Morgan fingerprint density at radius 1 is 1.24 bits per heavy atom. The predicted molar refractivity (Wildman–Crippen MR) is 60.0 cm³/mol. The van der Waals surface area contributed by atoms with Gasteiger partial charge in [0, 0.05) is 12.6 Å². The molecule has 1 heterocycles. The first-order chi connectivity index (χ1) is 8.11. The SMILES string of the molecule is Cn1c(C(=O)O)cnc1C(=O)c1ccccc1. The molecule has 0 radical (unpaired) electrons. The van der Waals surface area contributed by atoms with Crippen LogP contribution in [0.25, 0.3) is 0 Å². The van der Waals surface area contributed by atoms with Crippen molar-refractivity contribution in [3.63, 3.8) is 0 Å². The molecular weight excluding hydrogens is 220 g/mol. The van der Waals surface area contributed by atoms with E-state index in [1.54, 1.807) is 30.3 Å². The Balaban J connectivity index is 2.42. The maximum Gasteiger partial charge on any atom is 0.354 e. The fourth-order valence-electron chi connectivity index (χ4n) is 1.54. The number of rotatable bonds is 3. The summed E-state index contributed by atoms with van der Waals surface area (Å²) in [5, 5.41) is 8.86. The number of carbonyl (C=O) groups is 2. The Bertz CT molecular complexity index is 573. The van der Waals surface area contributed by atoms with E-state index in [0.29, 0.717) is 5.56 Å². The molecule has 0 amide bonds. The lowest BCUT2D eigenvalue weighted by atomic mass is 10.1. The summed E-state index contributed by atoms with van der Waals surface area (Å²) < 4.78 is 1.28. The molecule has 5 nitrogen and oxygen atoms in total. The van der Waals surface area contributed by atoms with E-state index in [1.807, 2.05) is 0 Å². The smallest absolute Gasteiger partial charge is 0.354 e. The average Bonchev–Trinajstić information content (AvgIpc) is 2.71. The normalized spacial score (nSPS) is 10.2. The van der Waals surface area contributed by atoms with Crippen LogP contribution in [0.5, 0.6) is 0 Å². The average molecular weight is 230 g/mol. The van der Waals surface area contributed by atoms with E-state index in [2.05, 4.69) is 4.98 Å². The quantitative estimate of drug-likeness (QED) is 0.808. The van der Waals surface area contributed by atoms with Crippen LogP contribution >= 0.6 is 0 Å². The molecule has 0 fully saturated rings. The summed E-state index contributed by atoms with van der Waals surface area (Å²) in [4.78, 5) is 26.7. The van der Waals surface area contributed by atoms with Crippen LogP contribution in [0.2, 0.25) is 0 Å². The Morgan fingerprint density at radius 3 is 2.41 bits per heavy atom. The van der Waals surface area contributed by atoms with E-state index in [-0.39, 0.29) is 17.3 Å². The molecular formula is C12H10N2O3. The third-order valence-electron chi connectivity index (χ3n) is 2.45. The lowest BCUT2D eigenvalue weighted by Gasteiger charge is -2.02. The number of aromatic carboxylic acids is 1. The van der Waals surface area contributed by atoms with Crippen molar-refractivity contribution >= 4 is 11.8 Å². The third kappa shape index (κ3) is 1.94. The molecule has 0 saturated carbocycles. The number of carboxylic acids is 1. The second-order valence-corrected chi connectivity index (χ2v) is 3.53. The van der Waals surface area contributed by atoms with Gasteiger partial charge in [0.2, 0.25) is 5.78 Å². The summed E-state index contributed by atoms with van der Waals surface area (Å²) in [5.41, 5.74) is 0.474. The van der Waals surface area contributed by atoms with Gasteiger partial charge in [0.25, 0.3) is 0 Å². The zero-order valence-corrected chi connectivity index (χ0v) is 9.12. The summed E-state index contributed by atoms with van der Waals surface area (Å²) in [6.07, 6.45) is 1.18. The molecule has 0 aliphatic heterocycles. The minimum absolute atomic E-state index is 0.00992. The zero-order chi connectivity index (χ0) is 12.4. The van der Waals surface area contributed by atoms with Crippen LogP contribution in [0.1, 0.15) is 26.7 Å². The fourth-order valence-corrected chi connectivity index (χ4v) is 1.54. The topological polar surface area (TPSA) is 72.2 Å². The van der Waals surface area contributed by atoms with Gasteiger partial charge in [-0.15, -0.1) is 0 Å². The second-order valence-electron chi connectivity index (χ2n) is 3.53. The van der Waals surface area contributed by atoms with E-state index in [9.17, 15) is 9.59 Å². The van der Waals surface area contributed by atoms with Crippen molar-refractivity contribution in [2.24, 2.45) is 7.05 Å². The number of nitrogens with zero attached hydrogens (tertiary/aromatic N) is 2. The van der Waals surface area contributed by atoms with E-state index < -0.39 is 5.97 Å². The summed E-state index contributed by atoms with van der Waals surface area (Å²) >= 11 is 0. The molecule has 1 aromatic heterocycles. The van der Waals surface area contributed by atoms with Crippen LogP contribution in [0.3, 0.4) is 0 Å². The lowest BCUT2D eigenvalue weighted by Crippen LogP contribution is -2.12. The molecule has 86 valence electrons. The highest BCUT2D eigenvalue weighted by atomic mass is 16.4. The van der Waals surface area contributed by atoms with E-state index in [1.165, 1.54) is 17.8 Å². The van der Waals surface area contributed by atoms with Gasteiger partial charge >= 0.3 is 5.97 Å². The minimum atomic E-state index is -1.10. The number of imidazole rings is 1. The van der Waals surface area contributed by atoms with Crippen LogP contribution < -0.4 is 0 Å². The predicted octanol–water partition coefficient (Wildman–Crippen LogP) is 1.35. The largest absolute Gasteiger partial charge is 0.477 e. The Morgan fingerprint density at radius 2 is 1.88 bits per heavy atom. The highest BCUT2D eigenvalue weighted by Crippen LogP contribution is 2.10. The molecule has 0 saturated heterocycles. The van der Waals surface area contributed by atoms with Gasteiger partial charge in [0.15, 0.2) is 5.82 Å². The first-order valence-electron chi connectivity index (χ1n) is 4.96. The Labute approximate surface area is 97.3 Å². The highest BCUT2D eigenvalue weighted by molar-refractivity contribution is 6.07. The molecule has 0 spiro atoms. The fraction of sp³-hybridized carbons (Fsp3) is 0.0833. The molecule has 1 N–H and O–H groups in total. The molecule has 0 bridgehead atoms. The highest BCUT2D eigenvalue weighted by Gasteiger charge is 2.18. The Kier molecular flexibility index (Phi) is 2.74. The van der Waals surface area contributed by atoms with Gasteiger partial charge in [-0.3, -0.25) is 4.79 Å². The van der Waals surface area contributed by atoms with Gasteiger partial charge in [-0.25, -0.2) is 9.78 Å². The molecule has 0 aliphatic rings. The van der Waals surface area contributed by atoms with Gasteiger partial charge in [-0.2, -0.15) is 0 Å². The first kappa shape index (κ1) is 11.1. The van der Waals surface area contributed by atoms with Crippen LogP contribution in [0, 0.1) is 0 Å². The first-order valence-corrected chi connectivity index (χ1v) is 4.96. The molecule has 0 atom stereocenters. The maximum atomic E-state index is 12.0. The number of hydrogen-bond acceptors (Lipinski definition) is 3. The number of hydrogen-bond donors (Lipinski definition) is 1. The van der Waals surface area contributed by atoms with Crippen LogP contribution in [0.15, 0.2) is 36.5 Å². The van der Waals surface area contributed by atoms with Crippen molar-refractivity contribution in [2.75, 3.05) is 0 Å². The summed E-state index contributed by atoms with van der Waals surface area (Å²) in [6.45, 7) is 0. The minimum Gasteiger partial charge on any atom is -0.477 e. The molecule has 1 aromatic carbocycles. The molecule has 17 heavy (non-hydrogen) atoms. The molecule has 5 heteroatoms. The second kappa shape index (κ2) is 4.21. The van der Waals surface area contributed by atoms with Crippen molar-refractivity contribution in [2.45, 2.75) is 0 Å². The van der Waals surface area contributed by atoms with E-state index in [4.69, 9.17) is 5.11 Å². The number of benzene rings is 1. The van der Waals surface area contributed by atoms with Crippen molar-refractivity contribution in [1.29, 1.82) is 0 Å².